The van der Waals surface area contributed by atoms with Crippen LogP contribution in [-0.4, -0.2) is 29.9 Å². The number of nitrogens with one attached hydrogen (secondary N) is 1. The van der Waals surface area contributed by atoms with Crippen LogP contribution < -0.4 is 14.9 Å². The number of hydrazone groups is 1. The third kappa shape index (κ3) is 4.37. The molecule has 0 bridgehead atoms. The number of carbonyl (C=O) groups excluding carboxylic acids is 1. The van der Waals surface area contributed by atoms with Crippen molar-refractivity contribution < 1.29 is 14.3 Å². The zero-order valence-electron chi connectivity index (χ0n) is 12.7. The van der Waals surface area contributed by atoms with E-state index in [9.17, 15) is 4.79 Å². The number of nitrogens with zero attached hydrogens (tertiary/aromatic N) is 2. The zero-order chi connectivity index (χ0) is 15.8. The Morgan fingerprint density at radius 1 is 1.23 bits per heavy atom. The van der Waals surface area contributed by atoms with Gasteiger partial charge in [0.2, 0.25) is 0 Å². The monoisotopic (exact) mass is 301 g/mol. The number of carbonyl (C=O) groups is 1. The van der Waals surface area contributed by atoms with E-state index in [0.29, 0.717) is 18.1 Å². The fourth-order valence-corrected chi connectivity index (χ4v) is 1.80. The number of amides is 1. The van der Waals surface area contributed by atoms with Crippen molar-refractivity contribution in [1.29, 1.82) is 0 Å². The second-order valence-electron chi connectivity index (χ2n) is 4.51. The molecular formula is C16H19N3O3. The first-order valence-corrected chi connectivity index (χ1v) is 6.98. The molecule has 0 unspecified atom stereocenters. The lowest BCUT2D eigenvalue weighted by molar-refractivity contribution is -0.123. The molecule has 2 aromatic rings. The zero-order valence-corrected chi connectivity index (χ0v) is 12.7. The van der Waals surface area contributed by atoms with Crippen LogP contribution in [0.2, 0.25) is 0 Å². The molecule has 0 saturated heterocycles. The van der Waals surface area contributed by atoms with E-state index in [1.54, 1.807) is 18.3 Å². The van der Waals surface area contributed by atoms with E-state index >= 15 is 0 Å². The molecule has 1 heterocycles. The van der Waals surface area contributed by atoms with Crippen LogP contribution in [-0.2, 0) is 11.8 Å². The minimum Gasteiger partial charge on any atom is -0.490 e. The predicted molar refractivity (Wildman–Crippen MR) is 84.3 cm³/mol. The summed E-state index contributed by atoms with van der Waals surface area (Å²) in [7, 11) is 1.90. The van der Waals surface area contributed by atoms with Crippen molar-refractivity contribution in [2.75, 3.05) is 13.2 Å². The summed E-state index contributed by atoms with van der Waals surface area (Å²) in [5, 5.41) is 3.89. The number of benzene rings is 1. The topological polar surface area (TPSA) is 64.8 Å². The number of aromatic nitrogens is 1. The Hall–Kier alpha value is -2.76. The summed E-state index contributed by atoms with van der Waals surface area (Å²) in [6.07, 6.45) is 3.48. The number of para-hydroxylation sites is 2. The van der Waals surface area contributed by atoms with Gasteiger partial charge in [-0.2, -0.15) is 5.10 Å². The predicted octanol–water partition coefficient (Wildman–Crippen LogP) is 1.95. The lowest BCUT2D eigenvalue weighted by Crippen LogP contribution is -2.24. The highest BCUT2D eigenvalue weighted by atomic mass is 16.5. The molecule has 0 aliphatic heterocycles. The fourth-order valence-electron chi connectivity index (χ4n) is 1.80. The van der Waals surface area contributed by atoms with Crippen molar-refractivity contribution in [3.05, 3.63) is 48.3 Å². The van der Waals surface area contributed by atoms with Crippen molar-refractivity contribution in [3.8, 4) is 11.5 Å². The van der Waals surface area contributed by atoms with Crippen LogP contribution in [0.25, 0.3) is 0 Å². The van der Waals surface area contributed by atoms with Crippen LogP contribution in [0.4, 0.5) is 0 Å². The van der Waals surface area contributed by atoms with Gasteiger partial charge >= 0.3 is 0 Å². The second-order valence-corrected chi connectivity index (χ2v) is 4.51. The highest BCUT2D eigenvalue weighted by Crippen LogP contribution is 2.26. The first kappa shape index (κ1) is 15.6. The highest BCUT2D eigenvalue weighted by Gasteiger charge is 2.06. The SMILES string of the molecule is CCOc1ccccc1OCC(=O)NN=Cc1cccn1C. The maximum atomic E-state index is 11.7. The molecule has 0 fully saturated rings. The summed E-state index contributed by atoms with van der Waals surface area (Å²) in [5.74, 6) is 0.813. The van der Waals surface area contributed by atoms with Gasteiger partial charge in [0.15, 0.2) is 18.1 Å². The van der Waals surface area contributed by atoms with Crippen LogP contribution in [0.5, 0.6) is 11.5 Å². The highest BCUT2D eigenvalue weighted by molar-refractivity contribution is 5.81. The van der Waals surface area contributed by atoms with E-state index in [2.05, 4.69) is 10.5 Å². The quantitative estimate of drug-likeness (QED) is 0.628. The largest absolute Gasteiger partial charge is 0.490 e. The van der Waals surface area contributed by atoms with Crippen molar-refractivity contribution in [2.24, 2.45) is 12.1 Å². The first-order valence-electron chi connectivity index (χ1n) is 6.98. The summed E-state index contributed by atoms with van der Waals surface area (Å²) >= 11 is 0. The van der Waals surface area contributed by atoms with Gasteiger partial charge in [-0.1, -0.05) is 12.1 Å². The van der Waals surface area contributed by atoms with Crippen molar-refractivity contribution in [2.45, 2.75) is 6.92 Å². The second kappa shape index (κ2) is 7.87. The standard InChI is InChI=1S/C16H19N3O3/c1-3-21-14-8-4-5-9-15(14)22-12-16(20)18-17-11-13-7-6-10-19(13)2/h4-11H,3,12H2,1-2H3,(H,18,20). The molecule has 0 aliphatic carbocycles. The summed E-state index contributed by atoms with van der Waals surface area (Å²) < 4.78 is 12.8. The molecule has 6 nitrogen and oxygen atoms in total. The first-order chi connectivity index (χ1) is 10.7. The van der Waals surface area contributed by atoms with E-state index in [-0.39, 0.29) is 12.5 Å². The summed E-state index contributed by atoms with van der Waals surface area (Å²) in [5.41, 5.74) is 3.31. The minimum absolute atomic E-state index is 0.130. The number of hydrogen-bond acceptors (Lipinski definition) is 4. The van der Waals surface area contributed by atoms with Gasteiger partial charge in [-0.25, -0.2) is 5.43 Å². The summed E-state index contributed by atoms with van der Waals surface area (Å²) in [6.45, 7) is 2.30. The number of hydrogen-bond donors (Lipinski definition) is 1. The van der Waals surface area contributed by atoms with E-state index < -0.39 is 0 Å². The molecule has 0 atom stereocenters. The van der Waals surface area contributed by atoms with Gasteiger partial charge in [0.25, 0.3) is 5.91 Å². The van der Waals surface area contributed by atoms with Gasteiger partial charge in [0.1, 0.15) is 0 Å². The fraction of sp³-hybridized carbons (Fsp3) is 0.250. The molecule has 0 aliphatic rings. The van der Waals surface area contributed by atoms with Crippen molar-refractivity contribution in [3.63, 3.8) is 0 Å². The molecule has 22 heavy (non-hydrogen) atoms. The minimum atomic E-state index is -0.336. The third-order valence-corrected chi connectivity index (χ3v) is 2.88. The summed E-state index contributed by atoms with van der Waals surface area (Å²) in [4.78, 5) is 11.7. The smallest absolute Gasteiger partial charge is 0.277 e. The Labute approximate surface area is 129 Å². The molecule has 6 heteroatoms. The van der Waals surface area contributed by atoms with Crippen LogP contribution in [0, 0.1) is 0 Å². The van der Waals surface area contributed by atoms with Crippen LogP contribution in [0.15, 0.2) is 47.7 Å². The van der Waals surface area contributed by atoms with Crippen LogP contribution in [0.3, 0.4) is 0 Å². The number of ether oxygens (including phenoxy) is 2. The van der Waals surface area contributed by atoms with E-state index in [1.807, 2.05) is 49.0 Å². The Morgan fingerprint density at radius 3 is 2.59 bits per heavy atom. The molecule has 1 N–H and O–H groups in total. The summed E-state index contributed by atoms with van der Waals surface area (Å²) in [6, 6.07) is 11.0. The van der Waals surface area contributed by atoms with Crippen molar-refractivity contribution in [1.82, 2.24) is 9.99 Å². The molecule has 2 rings (SSSR count). The van der Waals surface area contributed by atoms with Gasteiger partial charge in [-0.3, -0.25) is 4.79 Å². The third-order valence-electron chi connectivity index (χ3n) is 2.88. The van der Waals surface area contributed by atoms with Gasteiger partial charge < -0.3 is 14.0 Å². The lowest BCUT2D eigenvalue weighted by Gasteiger charge is -2.10. The van der Waals surface area contributed by atoms with Gasteiger partial charge in [0, 0.05) is 13.2 Å². The number of rotatable bonds is 7. The van der Waals surface area contributed by atoms with E-state index in [1.165, 1.54) is 0 Å². The molecule has 0 spiro atoms. The van der Waals surface area contributed by atoms with Gasteiger partial charge in [-0.05, 0) is 31.2 Å². The Balaban J connectivity index is 1.83. The molecular weight excluding hydrogens is 282 g/mol. The molecule has 116 valence electrons. The average Bonchev–Trinajstić information content (AvgIpc) is 2.92. The van der Waals surface area contributed by atoms with Crippen molar-refractivity contribution >= 4 is 12.1 Å². The molecule has 0 radical (unpaired) electrons. The molecule has 1 aromatic carbocycles. The van der Waals surface area contributed by atoms with Gasteiger partial charge in [0.05, 0.1) is 18.5 Å². The van der Waals surface area contributed by atoms with Crippen LogP contribution >= 0.6 is 0 Å². The molecule has 1 aromatic heterocycles. The van der Waals surface area contributed by atoms with E-state index in [4.69, 9.17) is 9.47 Å². The van der Waals surface area contributed by atoms with E-state index in [0.717, 1.165) is 5.69 Å². The Bertz CT molecular complexity index is 650. The maximum absolute atomic E-state index is 11.7. The average molecular weight is 301 g/mol. The molecule has 0 saturated carbocycles. The molecule has 1 amide bonds. The van der Waals surface area contributed by atoms with Crippen LogP contribution in [0.1, 0.15) is 12.6 Å². The lowest BCUT2D eigenvalue weighted by atomic mass is 10.3. The van der Waals surface area contributed by atoms with Gasteiger partial charge in [-0.15, -0.1) is 0 Å². The Kier molecular flexibility index (Phi) is 5.59. The Morgan fingerprint density at radius 2 is 1.95 bits per heavy atom. The normalized spacial score (nSPS) is 10.6. The maximum Gasteiger partial charge on any atom is 0.277 e. The number of aryl methyl sites for hydroxylation is 1.